The van der Waals surface area contributed by atoms with E-state index in [1.165, 1.54) is 13.3 Å². The summed E-state index contributed by atoms with van der Waals surface area (Å²) >= 11 is 10.3. The van der Waals surface area contributed by atoms with Crippen LogP contribution in [0, 0.1) is 0 Å². The molecule has 3 aromatic carbocycles. The average molecular weight is 680 g/mol. The Bertz CT molecular complexity index is 1450. The molecule has 2 amide bonds. The third-order valence-corrected chi connectivity index (χ3v) is 6.56. The predicted octanol–water partition coefficient (Wildman–Crippen LogP) is 6.51. The van der Waals surface area contributed by atoms with Gasteiger partial charge in [-0.2, -0.15) is 5.10 Å². The number of fused-ring (bicyclic) bond motifs is 1. The number of amides is 2. The van der Waals surface area contributed by atoms with Crippen LogP contribution in [0.1, 0.15) is 16.1 Å². The molecule has 4 rings (SSSR count). The van der Waals surface area contributed by atoms with Gasteiger partial charge in [-0.05, 0) is 74.3 Å². The molecule has 1 aromatic heterocycles. The zero-order valence-electron chi connectivity index (χ0n) is 18.7. The summed E-state index contributed by atoms with van der Waals surface area (Å²) in [5.74, 6) is 0.0738. The van der Waals surface area contributed by atoms with Crippen molar-refractivity contribution in [2.45, 2.75) is 0 Å². The van der Waals surface area contributed by atoms with Crippen molar-refractivity contribution in [3.8, 4) is 11.5 Å². The molecule has 11 heteroatoms. The van der Waals surface area contributed by atoms with E-state index >= 15 is 0 Å². The molecule has 2 N–H and O–H groups in total. The van der Waals surface area contributed by atoms with Gasteiger partial charge in [-0.15, -0.1) is 0 Å². The molecule has 36 heavy (non-hydrogen) atoms. The summed E-state index contributed by atoms with van der Waals surface area (Å²) in [6, 6.07) is 17.7. The molecule has 0 unspecified atom stereocenters. The van der Waals surface area contributed by atoms with Gasteiger partial charge < -0.3 is 19.2 Å². The van der Waals surface area contributed by atoms with Gasteiger partial charge in [-0.1, -0.05) is 34.1 Å². The fourth-order valence-corrected chi connectivity index (χ4v) is 4.95. The van der Waals surface area contributed by atoms with E-state index in [4.69, 9.17) is 13.9 Å². The fraction of sp³-hybridized carbons (Fsp3) is 0.0800. The second kappa shape index (κ2) is 11.7. The second-order valence-electron chi connectivity index (χ2n) is 7.34. The van der Waals surface area contributed by atoms with Gasteiger partial charge in [-0.3, -0.25) is 9.59 Å². The first kappa shape index (κ1) is 25.9. The summed E-state index contributed by atoms with van der Waals surface area (Å²) in [4.78, 5) is 24.7. The van der Waals surface area contributed by atoms with Gasteiger partial charge in [0.15, 0.2) is 23.9 Å². The molecule has 0 atom stereocenters. The lowest BCUT2D eigenvalue weighted by Gasteiger charge is -2.12. The Hall–Kier alpha value is -3.15. The predicted molar refractivity (Wildman–Crippen MR) is 148 cm³/mol. The Kier molecular flexibility index (Phi) is 8.44. The summed E-state index contributed by atoms with van der Waals surface area (Å²) in [5.41, 5.74) is 4.30. The number of benzene rings is 3. The van der Waals surface area contributed by atoms with Crippen LogP contribution in [0.15, 0.2) is 83.6 Å². The molecule has 8 nitrogen and oxygen atoms in total. The first-order valence-electron chi connectivity index (χ1n) is 10.4. The summed E-state index contributed by atoms with van der Waals surface area (Å²) < 4.78 is 18.9. The summed E-state index contributed by atoms with van der Waals surface area (Å²) in [6.45, 7) is -0.203. The monoisotopic (exact) mass is 677 g/mol. The van der Waals surface area contributed by atoms with Crippen LogP contribution < -0.4 is 20.2 Å². The van der Waals surface area contributed by atoms with Gasteiger partial charge in [0.05, 0.1) is 17.8 Å². The number of para-hydroxylation sites is 1. The highest BCUT2D eigenvalue weighted by Crippen LogP contribution is 2.33. The number of ether oxygens (including phenoxy) is 2. The minimum atomic E-state index is -0.502. The lowest BCUT2D eigenvalue weighted by Crippen LogP contribution is -2.20. The van der Waals surface area contributed by atoms with Gasteiger partial charge in [0.25, 0.3) is 5.91 Å². The number of nitrogens with one attached hydrogen (secondary N) is 2. The maximum absolute atomic E-state index is 12.5. The number of hydrazone groups is 1. The number of anilines is 1. The molecule has 4 aromatic rings. The molecule has 0 aliphatic heterocycles. The second-order valence-corrected chi connectivity index (χ2v) is 9.97. The number of methoxy groups -OCH3 is 1. The average Bonchev–Trinajstić information content (AvgIpc) is 3.29. The van der Waals surface area contributed by atoms with Crippen LogP contribution in [0.25, 0.3) is 11.0 Å². The van der Waals surface area contributed by atoms with Gasteiger partial charge >= 0.3 is 5.91 Å². The Labute approximate surface area is 231 Å². The van der Waals surface area contributed by atoms with E-state index in [0.717, 1.165) is 14.3 Å². The third kappa shape index (κ3) is 6.34. The highest BCUT2D eigenvalue weighted by molar-refractivity contribution is 9.11. The molecule has 0 saturated carbocycles. The largest absolute Gasteiger partial charge is 0.493 e. The third-order valence-electron chi connectivity index (χ3n) is 4.83. The minimum absolute atomic E-state index is 0.120. The zero-order chi connectivity index (χ0) is 25.7. The molecule has 0 fully saturated rings. The molecule has 0 aliphatic carbocycles. The Morgan fingerprint density at radius 1 is 1.00 bits per heavy atom. The smallest absolute Gasteiger partial charge is 0.307 e. The first-order chi connectivity index (χ1) is 17.3. The van der Waals surface area contributed by atoms with E-state index in [1.807, 2.05) is 30.3 Å². The molecule has 0 radical (unpaired) electrons. The van der Waals surface area contributed by atoms with E-state index in [0.29, 0.717) is 32.8 Å². The van der Waals surface area contributed by atoms with Crippen molar-refractivity contribution in [3.05, 3.63) is 85.4 Å². The number of hydrogen-bond donors (Lipinski definition) is 2. The number of carbonyl (C=O) groups is 2. The van der Waals surface area contributed by atoms with Crippen LogP contribution in [0.4, 0.5) is 5.69 Å². The van der Waals surface area contributed by atoms with E-state index < -0.39 is 5.91 Å². The highest BCUT2D eigenvalue weighted by atomic mass is 79.9. The van der Waals surface area contributed by atoms with Crippen molar-refractivity contribution < 1.29 is 23.5 Å². The van der Waals surface area contributed by atoms with Crippen LogP contribution in [0.3, 0.4) is 0 Å². The topological polar surface area (TPSA) is 102 Å². The van der Waals surface area contributed by atoms with Crippen molar-refractivity contribution in [3.63, 3.8) is 0 Å². The van der Waals surface area contributed by atoms with E-state index in [-0.39, 0.29) is 18.3 Å². The molecule has 0 bridgehead atoms. The molecular formula is C25H18Br3N3O5. The van der Waals surface area contributed by atoms with Gasteiger partial charge in [-0.25, -0.2) is 5.43 Å². The highest BCUT2D eigenvalue weighted by Gasteiger charge is 2.15. The van der Waals surface area contributed by atoms with Crippen LogP contribution in [-0.4, -0.2) is 31.7 Å². The number of halogens is 3. The molecule has 0 aliphatic rings. The van der Waals surface area contributed by atoms with Crippen LogP contribution in [0.5, 0.6) is 11.5 Å². The number of nitrogens with zero attached hydrogens (tertiary/aromatic N) is 1. The van der Waals surface area contributed by atoms with E-state index in [1.54, 1.807) is 30.3 Å². The fourth-order valence-electron chi connectivity index (χ4n) is 3.19. The minimum Gasteiger partial charge on any atom is -0.493 e. The van der Waals surface area contributed by atoms with Crippen molar-refractivity contribution in [2.75, 3.05) is 19.0 Å². The molecule has 184 valence electrons. The quantitative estimate of drug-likeness (QED) is 0.163. The maximum Gasteiger partial charge on any atom is 0.307 e. The molecule has 0 saturated heterocycles. The van der Waals surface area contributed by atoms with Crippen molar-refractivity contribution in [1.29, 1.82) is 0 Å². The van der Waals surface area contributed by atoms with Crippen LogP contribution in [-0.2, 0) is 4.79 Å². The van der Waals surface area contributed by atoms with Gasteiger partial charge in [0.2, 0.25) is 0 Å². The standard InChI is InChI=1S/C25H18Br3N3O5/c1-34-20-9-15(18(27)11-21(20)35-13-23(32)30-17-5-3-2-4-6-17)12-29-31-25(33)22-8-14-7-16(26)10-19(28)24(14)36-22/h2-12H,13H2,1H3,(H,30,32)(H,31,33)/b29-12-. The molecule has 1 heterocycles. The Balaban J connectivity index is 1.40. The normalized spacial score (nSPS) is 11.0. The van der Waals surface area contributed by atoms with E-state index in [2.05, 4.69) is 63.6 Å². The van der Waals surface area contributed by atoms with Gasteiger partial charge in [0, 0.05) is 25.6 Å². The lowest BCUT2D eigenvalue weighted by atomic mass is 10.2. The SMILES string of the molecule is COc1cc(/C=N\NC(=O)c2cc3cc(Br)cc(Br)c3o2)c(Br)cc1OCC(=O)Nc1ccccc1. The molecular weight excluding hydrogens is 662 g/mol. The Morgan fingerprint density at radius 3 is 2.53 bits per heavy atom. The van der Waals surface area contributed by atoms with Crippen molar-refractivity contribution in [1.82, 2.24) is 5.43 Å². The summed E-state index contributed by atoms with van der Waals surface area (Å²) in [6.07, 6.45) is 1.45. The lowest BCUT2D eigenvalue weighted by molar-refractivity contribution is -0.118. The maximum atomic E-state index is 12.5. The Morgan fingerprint density at radius 2 is 1.78 bits per heavy atom. The summed E-state index contributed by atoms with van der Waals surface area (Å²) in [5, 5.41) is 7.54. The number of hydrogen-bond acceptors (Lipinski definition) is 6. The van der Waals surface area contributed by atoms with Crippen LogP contribution >= 0.6 is 47.8 Å². The van der Waals surface area contributed by atoms with Crippen LogP contribution in [0.2, 0.25) is 0 Å². The number of carbonyl (C=O) groups excluding carboxylic acids is 2. The zero-order valence-corrected chi connectivity index (χ0v) is 23.4. The first-order valence-corrected chi connectivity index (χ1v) is 12.8. The number of furan rings is 1. The summed E-state index contributed by atoms with van der Waals surface area (Å²) in [7, 11) is 1.49. The van der Waals surface area contributed by atoms with Crippen molar-refractivity contribution >= 4 is 82.5 Å². The molecule has 0 spiro atoms. The van der Waals surface area contributed by atoms with Gasteiger partial charge in [0.1, 0.15) is 5.58 Å². The van der Waals surface area contributed by atoms with E-state index in [9.17, 15) is 9.59 Å². The number of rotatable bonds is 8. The van der Waals surface area contributed by atoms with Crippen molar-refractivity contribution in [2.24, 2.45) is 5.10 Å².